The maximum Gasteiger partial charge on any atom is 0.196 e. The molecule has 0 atom stereocenters. The van der Waals surface area contributed by atoms with E-state index in [1.807, 2.05) is 13.8 Å². The van der Waals surface area contributed by atoms with Crippen molar-refractivity contribution in [2.24, 2.45) is 0 Å². The van der Waals surface area contributed by atoms with Crippen molar-refractivity contribution in [1.29, 1.82) is 5.26 Å². The number of aliphatic hydroxyl groups is 3. The summed E-state index contributed by atoms with van der Waals surface area (Å²) in [6, 6.07) is 5.38. The lowest BCUT2D eigenvalue weighted by atomic mass is 9.87. The number of aliphatic hydroxyl groups excluding tert-OH is 2. The van der Waals surface area contributed by atoms with Gasteiger partial charge < -0.3 is 15.3 Å². The monoisotopic (exact) mass is 480 g/mol. The van der Waals surface area contributed by atoms with E-state index in [0.29, 0.717) is 16.7 Å². The van der Waals surface area contributed by atoms with Gasteiger partial charge in [0.1, 0.15) is 20.6 Å². The lowest BCUT2D eigenvalue weighted by Crippen LogP contribution is -2.20. The SMILES string of the molecule is CC(C)c1cc(C#N)cc(CCO)c1CC(=O)CS(=O)(=O)c1sc(C(C)(C)O)nc1CO. The van der Waals surface area contributed by atoms with Crippen LogP contribution >= 0.6 is 11.3 Å². The van der Waals surface area contributed by atoms with Crippen molar-refractivity contribution >= 4 is 27.0 Å². The molecule has 32 heavy (non-hydrogen) atoms. The van der Waals surface area contributed by atoms with E-state index >= 15 is 0 Å². The number of benzene rings is 1. The highest BCUT2D eigenvalue weighted by molar-refractivity contribution is 7.94. The molecule has 8 nitrogen and oxygen atoms in total. The number of hydrogen-bond acceptors (Lipinski definition) is 9. The summed E-state index contributed by atoms with van der Waals surface area (Å²) in [6.45, 7) is 5.92. The molecule has 3 N–H and O–H groups in total. The first kappa shape index (κ1) is 26.1. The molecule has 0 amide bonds. The summed E-state index contributed by atoms with van der Waals surface area (Å²) < 4.78 is 25.7. The summed E-state index contributed by atoms with van der Waals surface area (Å²) in [5, 5.41) is 38.5. The molecule has 10 heteroatoms. The van der Waals surface area contributed by atoms with Gasteiger partial charge in [-0.1, -0.05) is 13.8 Å². The van der Waals surface area contributed by atoms with Crippen LogP contribution in [0, 0.1) is 11.3 Å². The van der Waals surface area contributed by atoms with Gasteiger partial charge in [0.05, 0.1) is 23.9 Å². The van der Waals surface area contributed by atoms with E-state index in [1.54, 1.807) is 12.1 Å². The molecule has 0 aliphatic carbocycles. The van der Waals surface area contributed by atoms with Gasteiger partial charge in [0.2, 0.25) is 0 Å². The lowest BCUT2D eigenvalue weighted by Gasteiger charge is -2.17. The molecule has 0 saturated heterocycles. The maximum atomic E-state index is 13.0. The van der Waals surface area contributed by atoms with Crippen LogP contribution in [-0.2, 0) is 39.7 Å². The third kappa shape index (κ3) is 5.99. The summed E-state index contributed by atoms with van der Waals surface area (Å²) in [4.78, 5) is 16.9. The van der Waals surface area contributed by atoms with E-state index in [4.69, 9.17) is 0 Å². The predicted octanol–water partition coefficient (Wildman–Crippen LogP) is 1.98. The molecule has 0 fully saturated rings. The van der Waals surface area contributed by atoms with Gasteiger partial charge in [0, 0.05) is 13.0 Å². The first-order valence-electron chi connectivity index (χ1n) is 10.1. The van der Waals surface area contributed by atoms with Crippen LogP contribution in [0.1, 0.15) is 66.6 Å². The van der Waals surface area contributed by atoms with Crippen molar-refractivity contribution in [2.75, 3.05) is 12.4 Å². The Morgan fingerprint density at radius 3 is 2.44 bits per heavy atom. The Bertz CT molecular complexity index is 1140. The summed E-state index contributed by atoms with van der Waals surface area (Å²) in [5.74, 6) is -1.36. The Balaban J connectivity index is 2.41. The lowest BCUT2D eigenvalue weighted by molar-refractivity contribution is -0.116. The van der Waals surface area contributed by atoms with Gasteiger partial charge >= 0.3 is 0 Å². The Morgan fingerprint density at radius 1 is 1.28 bits per heavy atom. The number of nitriles is 1. The number of Topliss-reactive ketones (excluding diaryl/α,β-unsaturated/α-hetero) is 1. The van der Waals surface area contributed by atoms with Gasteiger partial charge in [0.25, 0.3) is 0 Å². The van der Waals surface area contributed by atoms with Crippen LogP contribution in [-0.4, -0.2) is 46.9 Å². The van der Waals surface area contributed by atoms with Gasteiger partial charge in [-0.3, -0.25) is 4.79 Å². The van der Waals surface area contributed by atoms with Crippen molar-refractivity contribution < 1.29 is 28.5 Å². The van der Waals surface area contributed by atoms with Crippen molar-refractivity contribution in [1.82, 2.24) is 4.98 Å². The molecule has 2 rings (SSSR count). The number of aromatic nitrogens is 1. The molecular formula is C22H28N2O6S2. The average molecular weight is 481 g/mol. The fourth-order valence-electron chi connectivity index (χ4n) is 3.36. The molecule has 1 aromatic heterocycles. The quantitative estimate of drug-likeness (QED) is 0.467. The summed E-state index contributed by atoms with van der Waals surface area (Å²) in [5.41, 5.74) is 0.951. The molecule has 0 radical (unpaired) electrons. The highest BCUT2D eigenvalue weighted by Crippen LogP contribution is 2.32. The topological polar surface area (TPSA) is 149 Å². The fraction of sp³-hybridized carbons (Fsp3) is 0.500. The third-order valence-corrected chi connectivity index (χ3v) is 8.57. The van der Waals surface area contributed by atoms with E-state index < -0.39 is 33.6 Å². The van der Waals surface area contributed by atoms with Crippen LogP contribution in [0.3, 0.4) is 0 Å². The smallest absolute Gasteiger partial charge is 0.196 e. The molecular weight excluding hydrogens is 452 g/mol. The Morgan fingerprint density at radius 2 is 1.94 bits per heavy atom. The van der Waals surface area contributed by atoms with Crippen molar-refractivity contribution in [3.8, 4) is 6.07 Å². The van der Waals surface area contributed by atoms with Gasteiger partial charge in [-0.2, -0.15) is 5.26 Å². The molecule has 174 valence electrons. The van der Waals surface area contributed by atoms with Crippen molar-refractivity contribution in [3.05, 3.63) is 45.1 Å². The zero-order valence-electron chi connectivity index (χ0n) is 18.5. The summed E-state index contributed by atoms with van der Waals surface area (Å²) in [6.07, 6.45) is 0.0719. The number of carbonyl (C=O) groups excluding carboxylic acids is 1. The Labute approximate surface area is 192 Å². The molecule has 0 spiro atoms. The molecule has 0 unspecified atom stereocenters. The van der Waals surface area contributed by atoms with Crippen LogP contribution in [0.2, 0.25) is 0 Å². The minimum atomic E-state index is -4.10. The number of thiazole rings is 1. The van der Waals surface area contributed by atoms with Crippen LogP contribution in [0.4, 0.5) is 0 Å². The molecule has 0 saturated carbocycles. The number of carbonyl (C=O) groups is 1. The molecule has 0 bridgehead atoms. The number of nitrogens with zero attached hydrogens (tertiary/aromatic N) is 2. The zero-order chi connectivity index (χ0) is 24.3. The van der Waals surface area contributed by atoms with E-state index in [1.165, 1.54) is 13.8 Å². The van der Waals surface area contributed by atoms with Gasteiger partial charge in [-0.25, -0.2) is 13.4 Å². The van der Waals surface area contributed by atoms with Crippen molar-refractivity contribution in [3.63, 3.8) is 0 Å². The Hall–Kier alpha value is -2.16. The average Bonchev–Trinajstić information content (AvgIpc) is 3.14. The molecule has 1 heterocycles. The molecule has 2 aromatic rings. The highest BCUT2D eigenvalue weighted by Gasteiger charge is 2.31. The van der Waals surface area contributed by atoms with E-state index in [0.717, 1.165) is 16.9 Å². The second-order valence-electron chi connectivity index (χ2n) is 8.39. The van der Waals surface area contributed by atoms with Gasteiger partial charge in [0.15, 0.2) is 15.6 Å². The standard InChI is InChI=1S/C22H28N2O6S2/c1-13(2)17-8-14(10-23)7-15(5-6-25)18(17)9-16(27)12-32(29,30)20-19(11-26)24-21(31-20)22(3,4)28/h7-8,13,25-26,28H,5-6,9,11-12H2,1-4H3. The van der Waals surface area contributed by atoms with E-state index in [2.05, 4.69) is 11.1 Å². The molecule has 0 aliphatic rings. The van der Waals surface area contributed by atoms with Gasteiger partial charge in [-0.15, -0.1) is 11.3 Å². The minimum absolute atomic E-state index is 0.0167. The van der Waals surface area contributed by atoms with E-state index in [9.17, 15) is 33.8 Å². The van der Waals surface area contributed by atoms with Crippen molar-refractivity contribution in [2.45, 2.75) is 62.9 Å². The van der Waals surface area contributed by atoms with Crippen LogP contribution < -0.4 is 0 Å². The second kappa shape index (κ2) is 10.2. The molecule has 0 aliphatic heterocycles. The number of rotatable bonds is 10. The summed E-state index contributed by atoms with van der Waals surface area (Å²) in [7, 11) is -4.10. The number of hydrogen-bond donors (Lipinski definition) is 3. The zero-order valence-corrected chi connectivity index (χ0v) is 20.2. The highest BCUT2D eigenvalue weighted by atomic mass is 32.2. The largest absolute Gasteiger partial charge is 0.396 e. The van der Waals surface area contributed by atoms with Crippen LogP contribution in [0.5, 0.6) is 0 Å². The van der Waals surface area contributed by atoms with Crippen LogP contribution in [0.15, 0.2) is 16.3 Å². The fourth-order valence-corrected chi connectivity index (χ4v) is 6.22. The van der Waals surface area contributed by atoms with Gasteiger partial charge in [-0.05, 0) is 55.0 Å². The normalized spacial score (nSPS) is 12.2. The Kier molecular flexibility index (Phi) is 8.31. The minimum Gasteiger partial charge on any atom is -0.396 e. The maximum absolute atomic E-state index is 13.0. The predicted molar refractivity (Wildman–Crippen MR) is 120 cm³/mol. The second-order valence-corrected chi connectivity index (χ2v) is 11.6. The first-order chi connectivity index (χ1) is 14.8. The first-order valence-corrected chi connectivity index (χ1v) is 12.5. The van der Waals surface area contributed by atoms with E-state index in [-0.39, 0.29) is 40.3 Å². The number of ketones is 1. The number of sulfone groups is 1. The molecule has 1 aromatic carbocycles. The van der Waals surface area contributed by atoms with Crippen LogP contribution in [0.25, 0.3) is 0 Å². The summed E-state index contributed by atoms with van der Waals surface area (Å²) >= 11 is 0.740. The third-order valence-electron chi connectivity index (χ3n) is 4.85.